The fourth-order valence-corrected chi connectivity index (χ4v) is 2.11. The average molecular weight is 335 g/mol. The molecular weight excluding hydrogens is 328 g/mol. The predicted molar refractivity (Wildman–Crippen MR) is 66.5 cm³/mol. The summed E-state index contributed by atoms with van der Waals surface area (Å²) in [6, 6.07) is 4.57. The van der Waals surface area contributed by atoms with Crippen molar-refractivity contribution in [2.24, 2.45) is 7.05 Å². The molecule has 3 nitrogen and oxygen atoms in total. The van der Waals surface area contributed by atoms with Crippen LogP contribution >= 0.6 is 34.8 Å². The van der Waals surface area contributed by atoms with Crippen LogP contribution in [0.4, 0.5) is 4.39 Å². The number of nitrogens with one attached hydrogen (secondary N) is 1. The number of nitrogens with zero attached hydrogens (tertiary/aromatic N) is 2. The second-order valence-corrected chi connectivity index (χ2v) is 4.58. The molecule has 6 heteroatoms. The minimum atomic E-state index is -0.250. The summed E-state index contributed by atoms with van der Waals surface area (Å²) in [7, 11) is 1.82. The van der Waals surface area contributed by atoms with Gasteiger partial charge < -0.3 is 4.57 Å². The number of rotatable bonds is 1. The molecular formula is C9H7FIN3S. The van der Waals surface area contributed by atoms with E-state index in [9.17, 15) is 4.39 Å². The number of hydrogen-bond donors (Lipinski definition) is 1. The molecule has 1 N–H and O–H groups in total. The standard InChI is InChI=1S/C9H7FIN3S/c1-14-8(12-13-9(14)15)6-3-2-5(10)4-7(6)11/h2-4H,1H3,(H,13,15). The maximum absolute atomic E-state index is 12.9. The molecule has 15 heavy (non-hydrogen) atoms. The Morgan fingerprint density at radius 1 is 1.53 bits per heavy atom. The zero-order valence-corrected chi connectivity index (χ0v) is 10.8. The zero-order chi connectivity index (χ0) is 11.0. The van der Waals surface area contributed by atoms with Crippen molar-refractivity contribution in [1.82, 2.24) is 14.8 Å². The molecule has 0 aliphatic heterocycles. The molecule has 0 fully saturated rings. The molecule has 0 bridgehead atoms. The zero-order valence-electron chi connectivity index (χ0n) is 7.79. The molecule has 0 atom stereocenters. The summed E-state index contributed by atoms with van der Waals surface area (Å²) in [5.74, 6) is 0.462. The van der Waals surface area contributed by atoms with Gasteiger partial charge in [0.2, 0.25) is 0 Å². The Labute approximate surface area is 104 Å². The van der Waals surface area contributed by atoms with E-state index in [1.807, 2.05) is 7.05 Å². The lowest BCUT2D eigenvalue weighted by atomic mass is 10.2. The van der Waals surface area contributed by atoms with Crippen LogP contribution in [0.3, 0.4) is 0 Å². The van der Waals surface area contributed by atoms with E-state index in [1.54, 1.807) is 10.6 Å². The first-order valence-electron chi connectivity index (χ1n) is 4.16. The predicted octanol–water partition coefficient (Wildman–Crippen LogP) is 2.89. The SMILES string of the molecule is Cn1c(-c2ccc(F)cc2I)n[nH]c1=S. The largest absolute Gasteiger partial charge is 0.303 e. The minimum absolute atomic E-state index is 0.250. The Hall–Kier alpha value is -0.760. The fourth-order valence-electron chi connectivity index (χ4n) is 1.26. The van der Waals surface area contributed by atoms with Crippen molar-refractivity contribution in [2.75, 3.05) is 0 Å². The summed E-state index contributed by atoms with van der Waals surface area (Å²) in [6.45, 7) is 0. The van der Waals surface area contributed by atoms with E-state index < -0.39 is 0 Å². The van der Waals surface area contributed by atoms with Crippen molar-refractivity contribution in [1.29, 1.82) is 0 Å². The van der Waals surface area contributed by atoms with E-state index >= 15 is 0 Å². The van der Waals surface area contributed by atoms with Gasteiger partial charge in [-0.2, -0.15) is 5.10 Å². The van der Waals surface area contributed by atoms with E-state index in [1.165, 1.54) is 12.1 Å². The molecule has 0 spiro atoms. The van der Waals surface area contributed by atoms with Gasteiger partial charge in [-0.15, -0.1) is 0 Å². The Balaban J connectivity index is 2.64. The van der Waals surface area contributed by atoms with E-state index in [0.29, 0.717) is 10.6 Å². The van der Waals surface area contributed by atoms with Crippen molar-refractivity contribution in [3.63, 3.8) is 0 Å². The van der Waals surface area contributed by atoms with Crippen LogP contribution in [0.2, 0.25) is 0 Å². The second kappa shape index (κ2) is 4.01. The number of aromatic nitrogens is 3. The Kier molecular flexibility index (Phi) is 2.87. The van der Waals surface area contributed by atoms with Gasteiger partial charge in [0.15, 0.2) is 10.6 Å². The molecule has 1 aromatic heterocycles. The molecule has 0 unspecified atom stereocenters. The van der Waals surface area contributed by atoms with Gasteiger partial charge in [0, 0.05) is 16.2 Å². The highest BCUT2D eigenvalue weighted by atomic mass is 127. The average Bonchev–Trinajstić information content (AvgIpc) is 2.49. The van der Waals surface area contributed by atoms with Crippen molar-refractivity contribution < 1.29 is 4.39 Å². The van der Waals surface area contributed by atoms with Gasteiger partial charge in [0.25, 0.3) is 0 Å². The third kappa shape index (κ3) is 1.96. The smallest absolute Gasteiger partial charge is 0.195 e. The van der Waals surface area contributed by atoms with E-state index in [2.05, 4.69) is 32.8 Å². The first-order valence-corrected chi connectivity index (χ1v) is 5.65. The Bertz CT molecular complexity index is 561. The van der Waals surface area contributed by atoms with Crippen molar-refractivity contribution in [3.8, 4) is 11.4 Å². The van der Waals surface area contributed by atoms with Crippen molar-refractivity contribution >= 4 is 34.8 Å². The van der Waals surface area contributed by atoms with E-state index in [4.69, 9.17) is 12.2 Å². The molecule has 0 saturated heterocycles. The second-order valence-electron chi connectivity index (χ2n) is 3.04. The molecule has 0 saturated carbocycles. The summed E-state index contributed by atoms with van der Waals surface area (Å²) < 4.78 is 16.0. The van der Waals surface area contributed by atoms with Gasteiger partial charge in [-0.05, 0) is 53.0 Å². The van der Waals surface area contributed by atoms with Crippen LogP contribution in [0, 0.1) is 14.2 Å². The lowest BCUT2D eigenvalue weighted by Gasteiger charge is -2.03. The lowest BCUT2D eigenvalue weighted by Crippen LogP contribution is -1.95. The highest BCUT2D eigenvalue weighted by molar-refractivity contribution is 14.1. The molecule has 0 radical (unpaired) electrons. The van der Waals surface area contributed by atoms with Gasteiger partial charge in [-0.3, -0.25) is 5.10 Å². The highest BCUT2D eigenvalue weighted by Gasteiger charge is 2.09. The van der Waals surface area contributed by atoms with Crippen LogP contribution in [0.15, 0.2) is 18.2 Å². The fraction of sp³-hybridized carbons (Fsp3) is 0.111. The molecule has 2 aromatic rings. The highest BCUT2D eigenvalue weighted by Crippen LogP contribution is 2.23. The van der Waals surface area contributed by atoms with Gasteiger partial charge in [0.05, 0.1) is 0 Å². The number of halogens is 2. The van der Waals surface area contributed by atoms with Gasteiger partial charge in [0.1, 0.15) is 5.82 Å². The van der Waals surface area contributed by atoms with Crippen LogP contribution in [0.25, 0.3) is 11.4 Å². The maximum atomic E-state index is 12.9. The number of aromatic amines is 1. The third-order valence-electron chi connectivity index (χ3n) is 2.05. The molecule has 1 aromatic carbocycles. The van der Waals surface area contributed by atoms with Crippen LogP contribution in [0.1, 0.15) is 0 Å². The third-order valence-corrected chi connectivity index (χ3v) is 3.31. The molecule has 0 amide bonds. The van der Waals surface area contributed by atoms with E-state index in [0.717, 1.165) is 9.13 Å². The lowest BCUT2D eigenvalue weighted by molar-refractivity contribution is 0.627. The Morgan fingerprint density at radius 2 is 2.27 bits per heavy atom. The van der Waals surface area contributed by atoms with Crippen LogP contribution in [0.5, 0.6) is 0 Å². The summed E-state index contributed by atoms with van der Waals surface area (Å²) in [4.78, 5) is 0. The summed E-state index contributed by atoms with van der Waals surface area (Å²) in [5, 5.41) is 6.79. The summed E-state index contributed by atoms with van der Waals surface area (Å²) in [6.07, 6.45) is 0. The van der Waals surface area contributed by atoms with Gasteiger partial charge in [-0.1, -0.05) is 0 Å². The van der Waals surface area contributed by atoms with E-state index in [-0.39, 0.29) is 5.82 Å². The van der Waals surface area contributed by atoms with Crippen LogP contribution < -0.4 is 0 Å². The summed E-state index contributed by atoms with van der Waals surface area (Å²) >= 11 is 7.09. The first-order chi connectivity index (χ1) is 7.09. The number of H-pyrrole nitrogens is 1. The monoisotopic (exact) mass is 335 g/mol. The van der Waals surface area contributed by atoms with Crippen molar-refractivity contribution in [2.45, 2.75) is 0 Å². The summed E-state index contributed by atoms with van der Waals surface area (Å²) in [5.41, 5.74) is 0.867. The van der Waals surface area contributed by atoms with Gasteiger partial charge in [-0.25, -0.2) is 4.39 Å². The quantitative estimate of drug-likeness (QED) is 0.642. The molecule has 2 rings (SSSR count). The van der Waals surface area contributed by atoms with Crippen LogP contribution in [-0.4, -0.2) is 14.8 Å². The molecule has 0 aliphatic carbocycles. The van der Waals surface area contributed by atoms with Crippen molar-refractivity contribution in [3.05, 3.63) is 32.4 Å². The first kappa shape index (κ1) is 10.7. The number of hydrogen-bond acceptors (Lipinski definition) is 2. The molecule has 1 heterocycles. The number of benzene rings is 1. The Morgan fingerprint density at radius 3 is 2.80 bits per heavy atom. The normalized spacial score (nSPS) is 10.6. The molecule has 78 valence electrons. The maximum Gasteiger partial charge on any atom is 0.195 e. The van der Waals surface area contributed by atoms with Crippen LogP contribution in [-0.2, 0) is 7.05 Å². The van der Waals surface area contributed by atoms with Gasteiger partial charge >= 0.3 is 0 Å². The molecule has 0 aliphatic rings. The minimum Gasteiger partial charge on any atom is -0.303 e. The topological polar surface area (TPSA) is 33.6 Å².